The standard InChI is InChI=1S/C18H27BN4O2/c1-11(2)17-21-18(25-22-17)23-7-5-14(6-8-23)13(4)24-16-9-12(3)15(19)10-20-16/h9-11,13-14H,5-8,19H2,1-4H3/t13-/m0/s1. The molecule has 0 N–H and O–H groups in total. The van der Waals surface area contributed by atoms with Crippen molar-refractivity contribution in [2.75, 3.05) is 18.0 Å². The lowest BCUT2D eigenvalue weighted by Gasteiger charge is -2.33. The third-order valence-corrected chi connectivity index (χ3v) is 5.08. The topological polar surface area (TPSA) is 64.3 Å². The van der Waals surface area contributed by atoms with Crippen molar-refractivity contribution in [3.05, 3.63) is 23.7 Å². The molecule has 0 unspecified atom stereocenters. The number of nitrogens with zero attached hydrogens (tertiary/aromatic N) is 4. The van der Waals surface area contributed by atoms with E-state index in [1.54, 1.807) is 0 Å². The van der Waals surface area contributed by atoms with Gasteiger partial charge in [-0.25, -0.2) is 4.98 Å². The van der Waals surface area contributed by atoms with Gasteiger partial charge >= 0.3 is 6.01 Å². The van der Waals surface area contributed by atoms with Crippen molar-refractivity contribution in [2.24, 2.45) is 5.92 Å². The Morgan fingerprint density at radius 3 is 2.60 bits per heavy atom. The lowest BCUT2D eigenvalue weighted by Crippen LogP contribution is -2.39. The van der Waals surface area contributed by atoms with Gasteiger partial charge in [-0.05, 0) is 32.6 Å². The first-order chi connectivity index (χ1) is 11.9. The van der Waals surface area contributed by atoms with E-state index in [0.717, 1.165) is 37.6 Å². The van der Waals surface area contributed by atoms with E-state index < -0.39 is 0 Å². The van der Waals surface area contributed by atoms with Gasteiger partial charge in [0.15, 0.2) is 5.82 Å². The molecule has 3 heterocycles. The van der Waals surface area contributed by atoms with E-state index in [9.17, 15) is 0 Å². The van der Waals surface area contributed by atoms with Crippen LogP contribution in [0, 0.1) is 12.8 Å². The normalized spacial score (nSPS) is 17.1. The molecule has 134 valence electrons. The summed E-state index contributed by atoms with van der Waals surface area (Å²) in [4.78, 5) is 11.1. The van der Waals surface area contributed by atoms with Gasteiger partial charge in [-0.15, -0.1) is 0 Å². The zero-order valence-electron chi connectivity index (χ0n) is 15.8. The van der Waals surface area contributed by atoms with Crippen molar-refractivity contribution in [2.45, 2.75) is 52.6 Å². The second-order valence-corrected chi connectivity index (χ2v) is 7.34. The van der Waals surface area contributed by atoms with Gasteiger partial charge in [-0.1, -0.05) is 30.0 Å². The number of piperidine rings is 1. The van der Waals surface area contributed by atoms with E-state index in [1.807, 2.05) is 12.3 Å². The Bertz CT molecular complexity index is 711. The monoisotopic (exact) mass is 342 g/mol. The van der Waals surface area contributed by atoms with E-state index in [1.165, 1.54) is 11.0 Å². The fourth-order valence-corrected chi connectivity index (χ4v) is 3.10. The molecule has 1 atom stereocenters. The van der Waals surface area contributed by atoms with Gasteiger partial charge in [0.2, 0.25) is 5.88 Å². The Kier molecular flexibility index (Phi) is 5.30. The molecule has 0 aromatic carbocycles. The summed E-state index contributed by atoms with van der Waals surface area (Å²) >= 11 is 0. The first-order valence-electron chi connectivity index (χ1n) is 9.12. The first-order valence-corrected chi connectivity index (χ1v) is 9.12. The second-order valence-electron chi connectivity index (χ2n) is 7.34. The lowest BCUT2D eigenvalue weighted by molar-refractivity contribution is 0.126. The van der Waals surface area contributed by atoms with Gasteiger partial charge in [0.25, 0.3) is 0 Å². The summed E-state index contributed by atoms with van der Waals surface area (Å²) in [5.41, 5.74) is 2.40. The van der Waals surface area contributed by atoms with Gasteiger partial charge in [-0.2, -0.15) is 4.98 Å². The van der Waals surface area contributed by atoms with E-state index in [2.05, 4.69) is 55.6 Å². The van der Waals surface area contributed by atoms with Crippen LogP contribution in [0.5, 0.6) is 5.88 Å². The molecule has 7 heteroatoms. The molecule has 0 amide bonds. The summed E-state index contributed by atoms with van der Waals surface area (Å²) in [6.07, 6.45) is 4.12. The van der Waals surface area contributed by atoms with Crippen LogP contribution in [-0.2, 0) is 0 Å². The Hall–Kier alpha value is -2.05. The number of pyridine rings is 1. The van der Waals surface area contributed by atoms with Crippen LogP contribution in [0.25, 0.3) is 0 Å². The maximum absolute atomic E-state index is 6.09. The molecule has 1 aliphatic rings. The Morgan fingerprint density at radius 2 is 2.00 bits per heavy atom. The van der Waals surface area contributed by atoms with E-state index >= 15 is 0 Å². The fraction of sp³-hybridized carbons (Fsp3) is 0.611. The first kappa shape index (κ1) is 17.8. The van der Waals surface area contributed by atoms with Crippen LogP contribution >= 0.6 is 0 Å². The molecule has 6 nitrogen and oxygen atoms in total. The van der Waals surface area contributed by atoms with Crippen molar-refractivity contribution in [1.29, 1.82) is 0 Å². The second kappa shape index (κ2) is 7.46. The number of aryl methyl sites for hydroxylation is 1. The van der Waals surface area contributed by atoms with Gasteiger partial charge in [0.05, 0.1) is 0 Å². The molecule has 0 aliphatic carbocycles. The third-order valence-electron chi connectivity index (χ3n) is 5.08. The van der Waals surface area contributed by atoms with Crippen LogP contribution in [0.15, 0.2) is 16.8 Å². The van der Waals surface area contributed by atoms with Gasteiger partial charge < -0.3 is 14.2 Å². The van der Waals surface area contributed by atoms with Crippen molar-refractivity contribution < 1.29 is 9.26 Å². The minimum Gasteiger partial charge on any atom is -0.474 e. The molecule has 1 saturated heterocycles. The highest BCUT2D eigenvalue weighted by Crippen LogP contribution is 2.27. The fourth-order valence-electron chi connectivity index (χ4n) is 3.10. The molecule has 1 fully saturated rings. The average Bonchev–Trinajstić information content (AvgIpc) is 3.09. The smallest absolute Gasteiger partial charge is 0.324 e. The minimum absolute atomic E-state index is 0.144. The summed E-state index contributed by atoms with van der Waals surface area (Å²) in [5, 5.41) is 4.06. The lowest BCUT2D eigenvalue weighted by atomic mass is 9.92. The number of anilines is 1. The Morgan fingerprint density at radius 1 is 1.28 bits per heavy atom. The molecule has 2 aromatic rings. The Labute approximate surface area is 150 Å². The zero-order valence-corrected chi connectivity index (χ0v) is 15.8. The SMILES string of the molecule is Bc1cnc(O[C@@H](C)C2CCN(c3nc(C(C)C)no3)CC2)cc1C. The highest BCUT2D eigenvalue weighted by atomic mass is 16.5. The molecular formula is C18H27BN4O2. The van der Waals surface area contributed by atoms with E-state index in [0.29, 0.717) is 11.9 Å². The number of rotatable bonds is 5. The van der Waals surface area contributed by atoms with E-state index in [4.69, 9.17) is 9.26 Å². The predicted molar refractivity (Wildman–Crippen MR) is 101 cm³/mol. The van der Waals surface area contributed by atoms with Crippen molar-refractivity contribution in [1.82, 2.24) is 15.1 Å². The summed E-state index contributed by atoms with van der Waals surface area (Å²) in [5.74, 6) is 2.28. The predicted octanol–water partition coefficient (Wildman–Crippen LogP) is 1.84. The van der Waals surface area contributed by atoms with Crippen LogP contribution in [0.2, 0.25) is 0 Å². The van der Waals surface area contributed by atoms with Crippen molar-refractivity contribution >= 4 is 19.3 Å². The molecule has 0 spiro atoms. The molecule has 25 heavy (non-hydrogen) atoms. The van der Waals surface area contributed by atoms with Gasteiger partial charge in [0.1, 0.15) is 14.0 Å². The quantitative estimate of drug-likeness (QED) is 0.773. The number of hydrogen-bond acceptors (Lipinski definition) is 6. The summed E-state index contributed by atoms with van der Waals surface area (Å²) in [6, 6.07) is 2.67. The number of aromatic nitrogens is 3. The molecule has 1 aliphatic heterocycles. The van der Waals surface area contributed by atoms with Crippen LogP contribution in [-0.4, -0.2) is 42.2 Å². The molecule has 2 aromatic heterocycles. The largest absolute Gasteiger partial charge is 0.474 e. The summed E-state index contributed by atoms with van der Waals surface area (Å²) < 4.78 is 11.5. The summed E-state index contributed by atoms with van der Waals surface area (Å²) in [7, 11) is 2.06. The number of hydrogen-bond donors (Lipinski definition) is 0. The molecule has 3 rings (SSSR count). The van der Waals surface area contributed by atoms with E-state index in [-0.39, 0.29) is 12.0 Å². The van der Waals surface area contributed by atoms with Crippen LogP contribution in [0.1, 0.15) is 50.9 Å². The molecule has 0 bridgehead atoms. The summed E-state index contributed by atoms with van der Waals surface area (Å²) in [6.45, 7) is 10.2. The highest BCUT2D eigenvalue weighted by Gasteiger charge is 2.28. The van der Waals surface area contributed by atoms with Crippen LogP contribution in [0.4, 0.5) is 6.01 Å². The minimum atomic E-state index is 0.144. The molecule has 0 saturated carbocycles. The maximum atomic E-state index is 6.09. The molecular weight excluding hydrogens is 315 g/mol. The number of ether oxygens (including phenoxy) is 1. The van der Waals surface area contributed by atoms with Crippen LogP contribution < -0.4 is 15.1 Å². The highest BCUT2D eigenvalue weighted by molar-refractivity contribution is 6.33. The van der Waals surface area contributed by atoms with Gasteiger partial charge in [-0.3, -0.25) is 0 Å². The van der Waals surface area contributed by atoms with Crippen molar-refractivity contribution in [3.63, 3.8) is 0 Å². The van der Waals surface area contributed by atoms with Gasteiger partial charge in [0, 0.05) is 31.3 Å². The van der Waals surface area contributed by atoms with Crippen LogP contribution in [0.3, 0.4) is 0 Å². The Balaban J connectivity index is 1.54. The molecule has 0 radical (unpaired) electrons. The zero-order chi connectivity index (χ0) is 18.0. The third kappa shape index (κ3) is 4.14. The average molecular weight is 342 g/mol. The van der Waals surface area contributed by atoms with Crippen molar-refractivity contribution in [3.8, 4) is 5.88 Å². The maximum Gasteiger partial charge on any atom is 0.324 e.